The topological polar surface area (TPSA) is 133 Å². The number of carbonyl (C=O) groups is 2. The van der Waals surface area contributed by atoms with Gasteiger partial charge in [0.05, 0.1) is 42.0 Å². The number of aliphatic carboxylic acids is 1. The summed E-state index contributed by atoms with van der Waals surface area (Å²) in [4.78, 5) is 40.0. The third-order valence-corrected chi connectivity index (χ3v) is 7.05. The predicted molar refractivity (Wildman–Crippen MR) is 148 cm³/mol. The van der Waals surface area contributed by atoms with Crippen molar-refractivity contribution in [3.05, 3.63) is 53.9 Å². The summed E-state index contributed by atoms with van der Waals surface area (Å²) in [5.74, 6) is -1.99. The molecule has 3 aromatic rings. The van der Waals surface area contributed by atoms with Crippen LogP contribution in [0.15, 0.2) is 36.7 Å². The second kappa shape index (κ2) is 11.6. The zero-order valence-corrected chi connectivity index (χ0v) is 22.9. The van der Waals surface area contributed by atoms with Crippen LogP contribution in [0, 0.1) is 11.6 Å². The van der Waals surface area contributed by atoms with Gasteiger partial charge in [0.25, 0.3) is 5.91 Å². The molecule has 0 aliphatic carbocycles. The number of aromatic nitrogens is 3. The number of carbonyl (C=O) groups excluding carboxylic acids is 1. The number of nitrogens with one attached hydrogen (secondary N) is 2. The van der Waals surface area contributed by atoms with Crippen molar-refractivity contribution in [2.24, 2.45) is 0 Å². The van der Waals surface area contributed by atoms with Crippen molar-refractivity contribution < 1.29 is 28.2 Å². The Kier molecular flexibility index (Phi) is 7.97. The second-order valence-electron chi connectivity index (χ2n) is 10.3. The van der Waals surface area contributed by atoms with E-state index >= 15 is 4.39 Å². The average molecular weight is 568 g/mol. The summed E-state index contributed by atoms with van der Waals surface area (Å²) in [5.41, 5.74) is 1.55. The lowest BCUT2D eigenvalue weighted by molar-refractivity contribution is -0.138. The lowest BCUT2D eigenvalue weighted by Crippen LogP contribution is -2.45. The molecule has 5 rings (SSSR count). The summed E-state index contributed by atoms with van der Waals surface area (Å²) < 4.78 is 35.4. The van der Waals surface area contributed by atoms with Crippen LogP contribution in [-0.4, -0.2) is 74.8 Å². The fourth-order valence-corrected chi connectivity index (χ4v) is 5.17. The van der Waals surface area contributed by atoms with Crippen LogP contribution in [0.4, 0.5) is 31.9 Å². The van der Waals surface area contributed by atoms with Crippen LogP contribution < -0.4 is 15.5 Å². The van der Waals surface area contributed by atoms with Gasteiger partial charge in [0.15, 0.2) is 5.82 Å². The molecule has 41 heavy (non-hydrogen) atoms. The largest absolute Gasteiger partial charge is 0.481 e. The number of anilines is 4. The van der Waals surface area contributed by atoms with E-state index < -0.39 is 17.6 Å². The number of rotatable bonds is 8. The molecule has 2 aromatic heterocycles. The van der Waals surface area contributed by atoms with Gasteiger partial charge in [0.1, 0.15) is 17.3 Å². The van der Waals surface area contributed by atoms with Crippen molar-refractivity contribution >= 4 is 35.0 Å². The maximum Gasteiger partial charge on any atom is 0.303 e. The minimum atomic E-state index is -0.911. The Hall–Kier alpha value is -4.39. The molecule has 2 unspecified atom stereocenters. The van der Waals surface area contributed by atoms with E-state index in [1.807, 2.05) is 25.7 Å². The zero-order chi connectivity index (χ0) is 29.3. The minimum absolute atomic E-state index is 0.0317. The highest BCUT2D eigenvalue weighted by molar-refractivity contribution is 5.94. The standard InChI is InChI=1S/C28H31F2N7O4/c1-15(2)37-16(3)33-26-20(29)10-18(11-22(26)37)25-21(30)13-32-28(35-25)34-23-6-4-17(12-31-23)27(40)36-8-9-41-19(14-36)5-7-24(38)39/h4,6,10-13,15-16,19,33H,5,7-9,14H2,1-3H3,(H,38,39)(H,31,32,34,35). The predicted octanol–water partition coefficient (Wildman–Crippen LogP) is 4.25. The molecule has 1 aromatic carbocycles. The summed E-state index contributed by atoms with van der Waals surface area (Å²) in [7, 11) is 0. The quantitative estimate of drug-likeness (QED) is 0.363. The van der Waals surface area contributed by atoms with Crippen LogP contribution in [0.2, 0.25) is 0 Å². The van der Waals surface area contributed by atoms with Gasteiger partial charge in [-0.2, -0.15) is 0 Å². The number of nitrogens with zero attached hydrogens (tertiary/aromatic N) is 5. The Balaban J connectivity index is 1.31. The van der Waals surface area contributed by atoms with Gasteiger partial charge in [-0.1, -0.05) is 0 Å². The van der Waals surface area contributed by atoms with Crippen molar-refractivity contribution in [3.8, 4) is 11.3 Å². The van der Waals surface area contributed by atoms with Crippen LogP contribution >= 0.6 is 0 Å². The van der Waals surface area contributed by atoms with Gasteiger partial charge in [-0.15, -0.1) is 0 Å². The number of morpholine rings is 1. The lowest BCUT2D eigenvalue weighted by Gasteiger charge is -2.32. The lowest BCUT2D eigenvalue weighted by atomic mass is 10.1. The number of carboxylic acid groups (broad SMARTS) is 1. The molecule has 216 valence electrons. The Morgan fingerprint density at radius 3 is 2.71 bits per heavy atom. The summed E-state index contributed by atoms with van der Waals surface area (Å²) in [5, 5.41) is 14.9. The molecule has 0 saturated carbocycles. The highest BCUT2D eigenvalue weighted by Gasteiger charge is 2.31. The first-order valence-corrected chi connectivity index (χ1v) is 13.4. The molecule has 1 fully saturated rings. The van der Waals surface area contributed by atoms with Crippen LogP contribution in [0.1, 0.15) is 44.0 Å². The maximum absolute atomic E-state index is 15.0. The van der Waals surface area contributed by atoms with Crippen LogP contribution in [-0.2, 0) is 9.53 Å². The third-order valence-electron chi connectivity index (χ3n) is 7.05. The van der Waals surface area contributed by atoms with Crippen molar-refractivity contribution in [1.29, 1.82) is 0 Å². The van der Waals surface area contributed by atoms with Gasteiger partial charge in [0, 0.05) is 37.3 Å². The van der Waals surface area contributed by atoms with Gasteiger partial charge < -0.3 is 30.3 Å². The van der Waals surface area contributed by atoms with Crippen molar-refractivity contribution in [1.82, 2.24) is 19.9 Å². The van der Waals surface area contributed by atoms with Gasteiger partial charge in [-0.05, 0) is 51.5 Å². The number of pyridine rings is 1. The first-order valence-electron chi connectivity index (χ1n) is 13.4. The monoisotopic (exact) mass is 567 g/mol. The summed E-state index contributed by atoms with van der Waals surface area (Å²) in [6.45, 7) is 6.94. The SMILES string of the molecule is CC(C)N1c2cc(-c3nc(Nc4ccc(C(=O)N5CCOC(CCC(=O)O)C5)cn4)ncc3F)cc(F)c2NC1C. The number of fused-ring (bicyclic) bond motifs is 1. The van der Waals surface area contributed by atoms with Gasteiger partial charge >= 0.3 is 5.97 Å². The smallest absolute Gasteiger partial charge is 0.303 e. The number of ether oxygens (including phenoxy) is 1. The van der Waals surface area contributed by atoms with E-state index in [1.165, 1.54) is 12.3 Å². The minimum Gasteiger partial charge on any atom is -0.481 e. The maximum atomic E-state index is 15.0. The molecule has 13 heteroatoms. The van der Waals surface area contributed by atoms with E-state index in [0.29, 0.717) is 48.9 Å². The highest BCUT2D eigenvalue weighted by atomic mass is 19.1. The average Bonchev–Trinajstić information content (AvgIpc) is 3.29. The van der Waals surface area contributed by atoms with Gasteiger partial charge in [-0.25, -0.2) is 23.7 Å². The Bertz CT molecular complexity index is 1450. The molecule has 1 amide bonds. The van der Waals surface area contributed by atoms with Crippen LogP contribution in [0.25, 0.3) is 11.3 Å². The van der Waals surface area contributed by atoms with E-state index in [9.17, 15) is 14.0 Å². The number of hydrogen-bond donors (Lipinski definition) is 3. The van der Waals surface area contributed by atoms with Crippen LogP contribution in [0.5, 0.6) is 0 Å². The highest BCUT2D eigenvalue weighted by Crippen LogP contribution is 2.41. The fraction of sp³-hybridized carbons (Fsp3) is 0.393. The molecule has 1 saturated heterocycles. The van der Waals surface area contributed by atoms with E-state index in [-0.39, 0.29) is 47.8 Å². The van der Waals surface area contributed by atoms with Crippen molar-refractivity contribution in [2.45, 2.75) is 51.9 Å². The van der Waals surface area contributed by atoms with E-state index in [1.54, 1.807) is 23.1 Å². The number of amides is 1. The van der Waals surface area contributed by atoms with E-state index in [0.717, 1.165) is 6.20 Å². The summed E-state index contributed by atoms with van der Waals surface area (Å²) >= 11 is 0. The molecule has 0 bridgehead atoms. The van der Waals surface area contributed by atoms with Gasteiger partial charge in [-0.3, -0.25) is 9.59 Å². The van der Waals surface area contributed by atoms with Crippen molar-refractivity contribution in [3.63, 3.8) is 0 Å². The Labute approximate surface area is 235 Å². The molecule has 0 spiro atoms. The first-order chi connectivity index (χ1) is 19.6. The van der Waals surface area contributed by atoms with Crippen LogP contribution in [0.3, 0.4) is 0 Å². The number of carboxylic acids is 1. The molecular weight excluding hydrogens is 536 g/mol. The Morgan fingerprint density at radius 2 is 2.00 bits per heavy atom. The summed E-state index contributed by atoms with van der Waals surface area (Å²) in [6.07, 6.45) is 2.24. The molecule has 2 atom stereocenters. The van der Waals surface area contributed by atoms with E-state index in [4.69, 9.17) is 9.84 Å². The van der Waals surface area contributed by atoms with Gasteiger partial charge in [0.2, 0.25) is 5.95 Å². The zero-order valence-electron chi connectivity index (χ0n) is 22.9. The van der Waals surface area contributed by atoms with E-state index in [2.05, 4.69) is 25.6 Å². The first kappa shape index (κ1) is 28.1. The Morgan fingerprint density at radius 1 is 1.20 bits per heavy atom. The third kappa shape index (κ3) is 6.04. The number of halogens is 2. The number of hydrogen-bond acceptors (Lipinski definition) is 9. The molecule has 11 nitrogen and oxygen atoms in total. The normalized spacial score (nSPS) is 18.3. The molecule has 3 N–H and O–H groups in total. The molecule has 4 heterocycles. The molecular formula is C28H31F2N7O4. The number of benzene rings is 1. The summed E-state index contributed by atoms with van der Waals surface area (Å²) in [6, 6.07) is 6.21. The fourth-order valence-electron chi connectivity index (χ4n) is 5.17. The second-order valence-corrected chi connectivity index (χ2v) is 10.3. The molecule has 2 aliphatic heterocycles. The molecule has 2 aliphatic rings. The molecule has 0 radical (unpaired) electrons. The van der Waals surface area contributed by atoms with Crippen molar-refractivity contribution in [2.75, 3.05) is 35.2 Å².